The van der Waals surface area contributed by atoms with Gasteiger partial charge in [0.2, 0.25) is 10.0 Å². The van der Waals surface area contributed by atoms with E-state index in [0.717, 1.165) is 11.8 Å². The van der Waals surface area contributed by atoms with Crippen molar-refractivity contribution in [2.24, 2.45) is 0 Å². The van der Waals surface area contributed by atoms with Gasteiger partial charge in [0.25, 0.3) is 0 Å². The van der Waals surface area contributed by atoms with E-state index >= 15 is 0 Å². The molecule has 0 heterocycles. The highest BCUT2D eigenvalue weighted by atomic mass is 32.3. The van der Waals surface area contributed by atoms with Crippen LogP contribution in [0, 0.1) is 18.8 Å². The number of aliphatic hydroxyl groups excluding tert-OH is 1. The first-order chi connectivity index (χ1) is 9.63. The number of anilines is 1. The summed E-state index contributed by atoms with van der Waals surface area (Å²) >= 11 is 0. The summed E-state index contributed by atoms with van der Waals surface area (Å²) in [6.45, 7) is 1.69. The molecule has 0 spiro atoms. The van der Waals surface area contributed by atoms with Crippen molar-refractivity contribution in [3.8, 4) is 11.8 Å². The Hall–Kier alpha value is -1.56. The molecule has 0 unspecified atom stereocenters. The Morgan fingerprint density at radius 3 is 2.48 bits per heavy atom. The quantitative estimate of drug-likeness (QED) is 0.764. The number of aliphatic hydroxyl groups is 1. The minimum atomic E-state index is -4.02. The Morgan fingerprint density at radius 2 is 1.90 bits per heavy atom. The highest BCUT2D eigenvalue weighted by Gasteiger charge is 2.19. The number of benzene rings is 1. The average Bonchev–Trinajstić information content (AvgIpc) is 2.28. The molecule has 0 amide bonds. The first-order valence-corrected chi connectivity index (χ1v) is 9.73. The maximum absolute atomic E-state index is 11.8. The monoisotopic (exact) mass is 331 g/mol. The third-order valence-electron chi connectivity index (χ3n) is 2.27. The average molecular weight is 331 g/mol. The lowest BCUT2D eigenvalue weighted by Crippen LogP contribution is -2.22. The van der Waals surface area contributed by atoms with E-state index in [1.807, 2.05) is 0 Å². The second-order valence-electron chi connectivity index (χ2n) is 4.58. The molecular formula is C13H17NO5S2. The van der Waals surface area contributed by atoms with Crippen LogP contribution < -0.4 is 4.72 Å². The van der Waals surface area contributed by atoms with Crippen LogP contribution in [0.4, 0.5) is 5.69 Å². The molecule has 21 heavy (non-hydrogen) atoms. The summed E-state index contributed by atoms with van der Waals surface area (Å²) < 4.78 is 48.2. The van der Waals surface area contributed by atoms with Gasteiger partial charge in [-0.2, -0.15) is 0 Å². The second-order valence-corrected chi connectivity index (χ2v) is 8.81. The van der Waals surface area contributed by atoms with E-state index in [2.05, 4.69) is 16.6 Å². The standard InChI is InChI=1S/C13H17NO5S2/c1-11-6-7-12(5-3-4-8-15)13(9-11)14-21(18,19)10-20(2,16)17/h6-7,9,14-15H,4,8,10H2,1-2H3. The zero-order valence-electron chi connectivity index (χ0n) is 11.8. The van der Waals surface area contributed by atoms with Gasteiger partial charge in [0.15, 0.2) is 14.9 Å². The number of nitrogens with one attached hydrogen (secondary N) is 1. The first kappa shape index (κ1) is 17.5. The summed E-state index contributed by atoms with van der Waals surface area (Å²) in [6, 6.07) is 4.97. The summed E-state index contributed by atoms with van der Waals surface area (Å²) in [4.78, 5) is 0. The molecular weight excluding hydrogens is 314 g/mol. The van der Waals surface area contributed by atoms with Gasteiger partial charge in [0, 0.05) is 18.2 Å². The van der Waals surface area contributed by atoms with Gasteiger partial charge >= 0.3 is 0 Å². The molecule has 2 N–H and O–H groups in total. The molecule has 116 valence electrons. The smallest absolute Gasteiger partial charge is 0.247 e. The fourth-order valence-corrected chi connectivity index (χ4v) is 4.54. The molecule has 0 bridgehead atoms. The van der Waals surface area contributed by atoms with Crippen LogP contribution in [0.2, 0.25) is 0 Å². The van der Waals surface area contributed by atoms with Crippen molar-refractivity contribution >= 4 is 25.5 Å². The van der Waals surface area contributed by atoms with Crippen LogP contribution in [0.1, 0.15) is 17.5 Å². The van der Waals surface area contributed by atoms with Gasteiger partial charge in [-0.25, -0.2) is 16.8 Å². The normalized spacial score (nSPS) is 11.6. The SMILES string of the molecule is Cc1ccc(C#CCCO)c(NS(=O)(=O)CS(C)(=O)=O)c1. The van der Waals surface area contributed by atoms with Crippen LogP contribution in [-0.4, -0.2) is 39.9 Å². The third-order valence-corrected chi connectivity index (χ3v) is 5.75. The number of aryl methyl sites for hydroxylation is 1. The fourth-order valence-electron chi connectivity index (χ4n) is 1.54. The van der Waals surface area contributed by atoms with Crippen LogP contribution >= 0.6 is 0 Å². The van der Waals surface area contributed by atoms with Gasteiger partial charge in [-0.1, -0.05) is 17.9 Å². The Labute approximate surface area is 125 Å². The highest BCUT2D eigenvalue weighted by Crippen LogP contribution is 2.18. The maximum atomic E-state index is 11.8. The van der Waals surface area contributed by atoms with Crippen molar-refractivity contribution < 1.29 is 21.9 Å². The van der Waals surface area contributed by atoms with Crippen LogP contribution in [0.25, 0.3) is 0 Å². The fraction of sp³-hybridized carbons (Fsp3) is 0.385. The third kappa shape index (κ3) is 6.62. The molecule has 0 fully saturated rings. The van der Waals surface area contributed by atoms with Crippen molar-refractivity contribution in [2.75, 3.05) is 22.7 Å². The number of rotatable bonds is 5. The van der Waals surface area contributed by atoms with Crippen molar-refractivity contribution in [1.82, 2.24) is 0 Å². The number of sulfonamides is 1. The van der Waals surface area contributed by atoms with Crippen LogP contribution in [0.3, 0.4) is 0 Å². The van der Waals surface area contributed by atoms with Gasteiger partial charge in [-0.15, -0.1) is 0 Å². The van der Waals surface area contributed by atoms with Crippen LogP contribution in [0.15, 0.2) is 18.2 Å². The van der Waals surface area contributed by atoms with E-state index in [4.69, 9.17) is 5.11 Å². The molecule has 0 radical (unpaired) electrons. The summed E-state index contributed by atoms with van der Waals surface area (Å²) in [6.07, 6.45) is 1.12. The lowest BCUT2D eigenvalue weighted by molar-refractivity contribution is 0.305. The van der Waals surface area contributed by atoms with E-state index < -0.39 is 24.9 Å². The molecule has 1 aromatic rings. The van der Waals surface area contributed by atoms with E-state index in [-0.39, 0.29) is 18.7 Å². The molecule has 1 rings (SSSR count). The van der Waals surface area contributed by atoms with E-state index in [9.17, 15) is 16.8 Å². The van der Waals surface area contributed by atoms with E-state index in [1.54, 1.807) is 25.1 Å². The van der Waals surface area contributed by atoms with Crippen LogP contribution in [-0.2, 0) is 19.9 Å². The van der Waals surface area contributed by atoms with Crippen molar-refractivity contribution in [3.05, 3.63) is 29.3 Å². The lowest BCUT2D eigenvalue weighted by atomic mass is 10.1. The van der Waals surface area contributed by atoms with Gasteiger partial charge in [-0.05, 0) is 24.6 Å². The summed E-state index contributed by atoms with van der Waals surface area (Å²) in [7, 11) is -7.68. The van der Waals surface area contributed by atoms with Crippen molar-refractivity contribution in [3.63, 3.8) is 0 Å². The second kappa shape index (κ2) is 6.93. The largest absolute Gasteiger partial charge is 0.395 e. The minimum absolute atomic E-state index is 0.0893. The zero-order chi connectivity index (χ0) is 16.1. The molecule has 0 aliphatic rings. The number of hydrogen-bond donors (Lipinski definition) is 2. The van der Waals surface area contributed by atoms with Crippen molar-refractivity contribution in [2.45, 2.75) is 13.3 Å². The van der Waals surface area contributed by atoms with Gasteiger partial charge in [0.1, 0.15) is 0 Å². The molecule has 8 heteroatoms. The molecule has 0 aromatic heterocycles. The van der Waals surface area contributed by atoms with Gasteiger partial charge in [-0.3, -0.25) is 4.72 Å². The Morgan fingerprint density at radius 1 is 1.24 bits per heavy atom. The Kier molecular flexibility index (Phi) is 5.78. The predicted molar refractivity (Wildman–Crippen MR) is 82.0 cm³/mol. The lowest BCUT2D eigenvalue weighted by Gasteiger charge is -2.10. The minimum Gasteiger partial charge on any atom is -0.395 e. The zero-order valence-corrected chi connectivity index (χ0v) is 13.4. The summed E-state index contributed by atoms with van der Waals surface area (Å²) in [5.41, 5.74) is 1.45. The molecule has 1 aromatic carbocycles. The topological polar surface area (TPSA) is 101 Å². The molecule has 0 saturated heterocycles. The van der Waals surface area contributed by atoms with Crippen molar-refractivity contribution in [1.29, 1.82) is 0 Å². The first-order valence-electron chi connectivity index (χ1n) is 6.01. The van der Waals surface area contributed by atoms with E-state index in [1.165, 1.54) is 0 Å². The van der Waals surface area contributed by atoms with Gasteiger partial charge < -0.3 is 5.11 Å². The van der Waals surface area contributed by atoms with E-state index in [0.29, 0.717) is 5.56 Å². The molecule has 0 aliphatic heterocycles. The molecule has 0 atom stereocenters. The molecule has 0 saturated carbocycles. The maximum Gasteiger partial charge on any atom is 0.247 e. The highest BCUT2D eigenvalue weighted by molar-refractivity contribution is 8.08. The number of hydrogen-bond acceptors (Lipinski definition) is 5. The summed E-state index contributed by atoms with van der Waals surface area (Å²) in [5, 5.41) is 7.70. The Balaban J connectivity index is 3.13. The summed E-state index contributed by atoms with van der Waals surface area (Å²) in [5.74, 6) is 5.43. The Bertz CT molecular complexity index is 771. The molecule has 6 nitrogen and oxygen atoms in total. The molecule has 0 aliphatic carbocycles. The predicted octanol–water partition coefficient (Wildman–Crippen LogP) is 0.473. The number of sulfone groups is 1. The van der Waals surface area contributed by atoms with Gasteiger partial charge in [0.05, 0.1) is 12.3 Å². The van der Waals surface area contributed by atoms with Crippen LogP contribution in [0.5, 0.6) is 0 Å².